The zero-order valence-electron chi connectivity index (χ0n) is 9.59. The van der Waals surface area contributed by atoms with Gasteiger partial charge in [-0.1, -0.05) is 27.2 Å². The highest BCUT2D eigenvalue weighted by molar-refractivity contribution is 9.10. The number of benzene rings is 1. The first-order valence-electron chi connectivity index (χ1n) is 5.28. The Hall–Kier alpha value is -1.82. The van der Waals surface area contributed by atoms with Crippen molar-refractivity contribution in [3.8, 4) is 5.75 Å². The fraction of sp³-hybridized carbons (Fsp3) is 0.167. The summed E-state index contributed by atoms with van der Waals surface area (Å²) in [6, 6.07) is 8.85. The van der Waals surface area contributed by atoms with Crippen LogP contribution in [-0.2, 0) is 4.79 Å². The number of hydrogen-bond acceptors (Lipinski definition) is 4. The molecule has 0 spiro atoms. The molecular weight excluding hydrogens is 300 g/mol. The van der Waals surface area contributed by atoms with E-state index < -0.39 is 6.10 Å². The van der Waals surface area contributed by atoms with Gasteiger partial charge in [-0.15, -0.1) is 0 Å². The molecule has 0 aliphatic carbocycles. The Morgan fingerprint density at radius 2 is 2.33 bits per heavy atom. The van der Waals surface area contributed by atoms with Crippen molar-refractivity contribution in [3.05, 3.63) is 41.1 Å². The maximum absolute atomic E-state index is 11.8. The Kier molecular flexibility index (Phi) is 3.99. The summed E-state index contributed by atoms with van der Waals surface area (Å²) in [5, 5.41) is 6.17. The third-order valence-electron chi connectivity index (χ3n) is 2.17. The van der Waals surface area contributed by atoms with E-state index in [1.165, 1.54) is 6.26 Å². The average Bonchev–Trinajstić information content (AvgIpc) is 2.81. The van der Waals surface area contributed by atoms with Crippen LogP contribution < -0.4 is 10.1 Å². The number of carbonyl (C=O) groups is 1. The molecule has 18 heavy (non-hydrogen) atoms. The van der Waals surface area contributed by atoms with Gasteiger partial charge in [-0.25, -0.2) is 0 Å². The van der Waals surface area contributed by atoms with Crippen molar-refractivity contribution in [2.24, 2.45) is 0 Å². The first kappa shape index (κ1) is 12.6. The first-order valence-corrected chi connectivity index (χ1v) is 6.08. The summed E-state index contributed by atoms with van der Waals surface area (Å²) in [5.74, 6) is 0.695. The second-order valence-corrected chi connectivity index (χ2v) is 4.51. The van der Waals surface area contributed by atoms with Crippen LogP contribution in [0.3, 0.4) is 0 Å². The quantitative estimate of drug-likeness (QED) is 0.943. The highest BCUT2D eigenvalue weighted by Gasteiger charge is 2.15. The number of ether oxygens (including phenoxy) is 1. The van der Waals surface area contributed by atoms with Crippen LogP contribution in [-0.4, -0.2) is 17.2 Å². The summed E-state index contributed by atoms with van der Waals surface area (Å²) < 4.78 is 11.0. The molecule has 2 rings (SSSR count). The van der Waals surface area contributed by atoms with Gasteiger partial charge in [-0.05, 0) is 25.1 Å². The van der Waals surface area contributed by atoms with Crippen molar-refractivity contribution in [2.45, 2.75) is 13.0 Å². The number of halogens is 1. The third kappa shape index (κ3) is 3.33. The van der Waals surface area contributed by atoms with E-state index in [1.807, 2.05) is 12.1 Å². The highest BCUT2D eigenvalue weighted by atomic mass is 79.9. The smallest absolute Gasteiger partial charge is 0.266 e. The number of aromatic nitrogens is 1. The zero-order chi connectivity index (χ0) is 13.0. The Labute approximate surface area is 112 Å². The summed E-state index contributed by atoms with van der Waals surface area (Å²) in [6.07, 6.45) is 0.756. The molecule has 2 aromatic rings. The topological polar surface area (TPSA) is 64.4 Å². The van der Waals surface area contributed by atoms with E-state index in [4.69, 9.17) is 4.74 Å². The predicted molar refractivity (Wildman–Crippen MR) is 69.4 cm³/mol. The Morgan fingerprint density at radius 1 is 1.50 bits per heavy atom. The monoisotopic (exact) mass is 310 g/mol. The standard InChI is InChI=1S/C12H11BrN2O3/c1-8(12(16)14-11-5-6-17-15-11)18-10-4-2-3-9(13)7-10/h2-8H,1H3,(H,14,15,16)/t8-/m0/s1. The molecule has 0 bridgehead atoms. The average molecular weight is 311 g/mol. The van der Waals surface area contributed by atoms with Crippen molar-refractivity contribution < 1.29 is 14.1 Å². The molecule has 0 unspecified atom stereocenters. The molecular formula is C12H11BrN2O3. The minimum Gasteiger partial charge on any atom is -0.481 e. The number of anilines is 1. The van der Waals surface area contributed by atoms with Gasteiger partial charge in [0.1, 0.15) is 12.0 Å². The lowest BCUT2D eigenvalue weighted by atomic mass is 10.3. The van der Waals surface area contributed by atoms with Gasteiger partial charge in [-0.2, -0.15) is 0 Å². The minimum absolute atomic E-state index is 0.288. The molecule has 5 nitrogen and oxygen atoms in total. The molecule has 0 aliphatic rings. The molecule has 1 N–H and O–H groups in total. The van der Waals surface area contributed by atoms with E-state index >= 15 is 0 Å². The largest absolute Gasteiger partial charge is 0.481 e. The minimum atomic E-state index is -0.629. The fourth-order valence-corrected chi connectivity index (χ4v) is 1.68. The van der Waals surface area contributed by atoms with Gasteiger partial charge in [0.05, 0.1) is 0 Å². The summed E-state index contributed by atoms with van der Waals surface area (Å²) in [7, 11) is 0. The van der Waals surface area contributed by atoms with Crippen molar-refractivity contribution in [1.29, 1.82) is 0 Å². The van der Waals surface area contributed by atoms with E-state index in [0.717, 1.165) is 4.47 Å². The van der Waals surface area contributed by atoms with Crippen LogP contribution in [0.4, 0.5) is 5.82 Å². The van der Waals surface area contributed by atoms with E-state index in [0.29, 0.717) is 11.6 Å². The van der Waals surface area contributed by atoms with Gasteiger partial charge in [-0.3, -0.25) is 4.79 Å². The first-order chi connectivity index (χ1) is 8.65. The Bertz CT molecular complexity index is 528. The molecule has 6 heteroatoms. The van der Waals surface area contributed by atoms with Gasteiger partial charge in [0.15, 0.2) is 11.9 Å². The molecule has 1 aromatic carbocycles. The normalized spacial score (nSPS) is 11.9. The molecule has 1 heterocycles. The van der Waals surface area contributed by atoms with Crippen molar-refractivity contribution in [1.82, 2.24) is 5.16 Å². The summed E-state index contributed by atoms with van der Waals surface area (Å²) in [4.78, 5) is 11.8. The van der Waals surface area contributed by atoms with Gasteiger partial charge < -0.3 is 14.6 Å². The number of rotatable bonds is 4. The van der Waals surface area contributed by atoms with Crippen LogP contribution in [0.25, 0.3) is 0 Å². The molecule has 0 radical (unpaired) electrons. The zero-order valence-corrected chi connectivity index (χ0v) is 11.2. The van der Waals surface area contributed by atoms with Gasteiger partial charge in [0, 0.05) is 10.5 Å². The molecule has 1 atom stereocenters. The number of nitrogens with one attached hydrogen (secondary N) is 1. The summed E-state index contributed by atoms with van der Waals surface area (Å²) in [6.45, 7) is 1.66. The molecule has 0 fully saturated rings. The summed E-state index contributed by atoms with van der Waals surface area (Å²) >= 11 is 3.33. The van der Waals surface area contributed by atoms with Crippen LogP contribution in [0.2, 0.25) is 0 Å². The molecule has 0 saturated heterocycles. The lowest BCUT2D eigenvalue weighted by molar-refractivity contribution is -0.122. The van der Waals surface area contributed by atoms with Gasteiger partial charge in [0.2, 0.25) is 0 Å². The van der Waals surface area contributed by atoms with Crippen molar-refractivity contribution in [2.75, 3.05) is 5.32 Å². The molecule has 0 saturated carbocycles. The van der Waals surface area contributed by atoms with E-state index in [2.05, 4.69) is 30.9 Å². The maximum Gasteiger partial charge on any atom is 0.266 e. The second kappa shape index (κ2) is 5.68. The predicted octanol–water partition coefficient (Wildman–Crippen LogP) is 2.84. The number of hydrogen-bond donors (Lipinski definition) is 1. The van der Waals surface area contributed by atoms with E-state index in [1.54, 1.807) is 25.1 Å². The lowest BCUT2D eigenvalue weighted by Crippen LogP contribution is -2.30. The second-order valence-electron chi connectivity index (χ2n) is 3.59. The molecule has 1 amide bonds. The van der Waals surface area contributed by atoms with E-state index in [-0.39, 0.29) is 5.91 Å². The Balaban J connectivity index is 1.95. The Morgan fingerprint density at radius 3 is 3.00 bits per heavy atom. The third-order valence-corrected chi connectivity index (χ3v) is 2.66. The molecule has 0 aliphatic heterocycles. The number of amides is 1. The van der Waals surface area contributed by atoms with Crippen molar-refractivity contribution in [3.63, 3.8) is 0 Å². The molecule has 1 aromatic heterocycles. The molecule has 94 valence electrons. The van der Waals surface area contributed by atoms with Crippen LogP contribution in [0, 0.1) is 0 Å². The van der Waals surface area contributed by atoms with Gasteiger partial charge in [0.25, 0.3) is 5.91 Å². The van der Waals surface area contributed by atoms with Gasteiger partial charge >= 0.3 is 0 Å². The van der Waals surface area contributed by atoms with E-state index in [9.17, 15) is 4.79 Å². The van der Waals surface area contributed by atoms with Crippen LogP contribution in [0.5, 0.6) is 5.75 Å². The lowest BCUT2D eigenvalue weighted by Gasteiger charge is -2.13. The fourth-order valence-electron chi connectivity index (χ4n) is 1.30. The number of carbonyl (C=O) groups excluding carboxylic acids is 1. The van der Waals surface area contributed by atoms with Crippen LogP contribution in [0.1, 0.15) is 6.92 Å². The van der Waals surface area contributed by atoms with Crippen LogP contribution >= 0.6 is 15.9 Å². The highest BCUT2D eigenvalue weighted by Crippen LogP contribution is 2.19. The number of nitrogens with zero attached hydrogens (tertiary/aromatic N) is 1. The van der Waals surface area contributed by atoms with Crippen molar-refractivity contribution >= 4 is 27.7 Å². The SMILES string of the molecule is C[C@H](Oc1cccc(Br)c1)C(=O)Nc1ccon1. The van der Waals surface area contributed by atoms with Crippen LogP contribution in [0.15, 0.2) is 45.6 Å². The maximum atomic E-state index is 11.8. The summed E-state index contributed by atoms with van der Waals surface area (Å²) in [5.41, 5.74) is 0.